The van der Waals surface area contributed by atoms with E-state index in [1.165, 1.54) is 32.4 Å². The summed E-state index contributed by atoms with van der Waals surface area (Å²) >= 11 is 0. The number of rotatable bonds is 5. The van der Waals surface area contributed by atoms with Crippen molar-refractivity contribution >= 4 is 17.3 Å². The van der Waals surface area contributed by atoms with Crippen molar-refractivity contribution in [2.24, 2.45) is 0 Å². The van der Waals surface area contributed by atoms with Gasteiger partial charge in [0.15, 0.2) is 0 Å². The summed E-state index contributed by atoms with van der Waals surface area (Å²) in [5, 5.41) is 2.95. The number of likely N-dealkylation sites (tertiary alicyclic amines) is 1. The molecule has 1 aromatic carbocycles. The van der Waals surface area contributed by atoms with Gasteiger partial charge in [-0.1, -0.05) is 12.5 Å². The fourth-order valence-electron chi connectivity index (χ4n) is 2.65. The number of amides is 1. The smallest absolute Gasteiger partial charge is 0.224 e. The lowest BCUT2D eigenvalue weighted by Crippen LogP contribution is -2.31. The van der Waals surface area contributed by atoms with Crippen LogP contribution in [0.3, 0.4) is 0 Å². The van der Waals surface area contributed by atoms with E-state index in [0.717, 1.165) is 29.9 Å². The first-order valence-electron chi connectivity index (χ1n) is 7.54. The highest BCUT2D eigenvalue weighted by molar-refractivity contribution is 5.92. The van der Waals surface area contributed by atoms with Crippen molar-refractivity contribution in [1.29, 1.82) is 0 Å². The fraction of sp³-hybridized carbons (Fsp3) is 0.562. The van der Waals surface area contributed by atoms with Gasteiger partial charge in [-0.25, -0.2) is 0 Å². The highest BCUT2D eigenvalue weighted by Crippen LogP contribution is 2.20. The van der Waals surface area contributed by atoms with E-state index in [1.807, 2.05) is 25.1 Å². The van der Waals surface area contributed by atoms with Crippen LogP contribution in [0.25, 0.3) is 0 Å². The Kier molecular flexibility index (Phi) is 5.41. The average Bonchev–Trinajstić information content (AvgIpc) is 2.45. The van der Waals surface area contributed by atoms with Crippen molar-refractivity contribution < 1.29 is 4.79 Å². The maximum Gasteiger partial charge on any atom is 0.224 e. The zero-order valence-corrected chi connectivity index (χ0v) is 12.3. The summed E-state index contributed by atoms with van der Waals surface area (Å²) in [5.41, 5.74) is 8.32. The molecule has 1 aliphatic heterocycles. The largest absolute Gasteiger partial charge is 0.398 e. The quantitative estimate of drug-likeness (QED) is 0.812. The second-order valence-electron chi connectivity index (χ2n) is 5.57. The van der Waals surface area contributed by atoms with Crippen LogP contribution in [0.5, 0.6) is 0 Å². The summed E-state index contributed by atoms with van der Waals surface area (Å²) in [6.07, 6.45) is 5.45. The Balaban J connectivity index is 1.73. The van der Waals surface area contributed by atoms with E-state index in [1.54, 1.807) is 0 Å². The first-order chi connectivity index (χ1) is 9.66. The van der Waals surface area contributed by atoms with Crippen molar-refractivity contribution in [2.75, 3.05) is 30.7 Å². The Bertz CT molecular complexity index is 453. The van der Waals surface area contributed by atoms with Crippen LogP contribution in [0.15, 0.2) is 18.2 Å². The predicted molar refractivity (Wildman–Crippen MR) is 83.7 cm³/mol. The minimum Gasteiger partial charge on any atom is -0.398 e. The molecule has 0 atom stereocenters. The van der Waals surface area contributed by atoms with Crippen molar-refractivity contribution in [3.05, 3.63) is 23.8 Å². The van der Waals surface area contributed by atoms with Crippen LogP contribution in [-0.2, 0) is 4.79 Å². The van der Waals surface area contributed by atoms with Gasteiger partial charge in [-0.2, -0.15) is 0 Å². The summed E-state index contributed by atoms with van der Waals surface area (Å²) in [5.74, 6) is 0.0794. The molecule has 0 radical (unpaired) electrons. The zero-order chi connectivity index (χ0) is 14.4. The van der Waals surface area contributed by atoms with Gasteiger partial charge in [0.1, 0.15) is 0 Å². The lowest BCUT2D eigenvalue weighted by Gasteiger charge is -2.26. The van der Waals surface area contributed by atoms with Crippen molar-refractivity contribution in [3.8, 4) is 0 Å². The maximum absolute atomic E-state index is 11.9. The third-order valence-electron chi connectivity index (χ3n) is 3.98. The molecule has 3 N–H and O–H groups in total. The number of nitrogens with one attached hydrogen (secondary N) is 1. The first kappa shape index (κ1) is 14.9. The van der Waals surface area contributed by atoms with E-state index in [9.17, 15) is 4.79 Å². The monoisotopic (exact) mass is 275 g/mol. The minimum absolute atomic E-state index is 0.0794. The van der Waals surface area contributed by atoms with Crippen LogP contribution in [0.1, 0.15) is 37.7 Å². The van der Waals surface area contributed by atoms with Crippen LogP contribution >= 0.6 is 0 Å². The standard InChI is InChI=1S/C16H25N3O/c1-13-14(17)7-5-8-15(13)18-16(20)9-6-12-19-10-3-2-4-11-19/h5,7-8H,2-4,6,9-12,17H2,1H3,(H,18,20). The van der Waals surface area contributed by atoms with Crippen LogP contribution in [-0.4, -0.2) is 30.4 Å². The molecule has 4 heteroatoms. The third kappa shape index (κ3) is 4.23. The molecular formula is C16H25N3O. The Labute approximate surface area is 121 Å². The van der Waals surface area contributed by atoms with Crippen LogP contribution in [0, 0.1) is 6.92 Å². The molecule has 1 heterocycles. The molecule has 0 spiro atoms. The first-order valence-corrected chi connectivity index (χ1v) is 7.54. The molecule has 1 aromatic rings. The fourth-order valence-corrected chi connectivity index (χ4v) is 2.65. The summed E-state index contributed by atoms with van der Waals surface area (Å²) in [7, 11) is 0. The Hall–Kier alpha value is -1.55. The minimum atomic E-state index is 0.0794. The topological polar surface area (TPSA) is 58.4 Å². The number of hydrogen-bond donors (Lipinski definition) is 2. The molecule has 1 amide bonds. The lowest BCUT2D eigenvalue weighted by atomic mass is 10.1. The second kappa shape index (κ2) is 7.29. The number of nitrogens with zero attached hydrogens (tertiary/aromatic N) is 1. The molecule has 20 heavy (non-hydrogen) atoms. The van der Waals surface area contributed by atoms with Gasteiger partial charge in [0, 0.05) is 17.8 Å². The van der Waals surface area contributed by atoms with E-state index >= 15 is 0 Å². The number of nitrogen functional groups attached to an aromatic ring is 1. The number of hydrogen-bond acceptors (Lipinski definition) is 3. The van der Waals surface area contributed by atoms with Crippen LogP contribution < -0.4 is 11.1 Å². The number of carbonyl (C=O) groups excluding carboxylic acids is 1. The number of carbonyl (C=O) groups is 1. The molecule has 110 valence electrons. The molecule has 1 aliphatic rings. The molecular weight excluding hydrogens is 250 g/mol. The summed E-state index contributed by atoms with van der Waals surface area (Å²) in [6.45, 7) is 5.34. The molecule has 0 aliphatic carbocycles. The Morgan fingerprint density at radius 3 is 2.80 bits per heavy atom. The summed E-state index contributed by atoms with van der Waals surface area (Å²) < 4.78 is 0. The number of anilines is 2. The molecule has 1 saturated heterocycles. The summed E-state index contributed by atoms with van der Waals surface area (Å²) in [6, 6.07) is 5.61. The summed E-state index contributed by atoms with van der Waals surface area (Å²) in [4.78, 5) is 14.4. The third-order valence-corrected chi connectivity index (χ3v) is 3.98. The average molecular weight is 275 g/mol. The van der Waals surface area contributed by atoms with E-state index in [0.29, 0.717) is 6.42 Å². The lowest BCUT2D eigenvalue weighted by molar-refractivity contribution is -0.116. The SMILES string of the molecule is Cc1c(N)cccc1NC(=O)CCCN1CCCCC1. The molecule has 1 fully saturated rings. The van der Waals surface area contributed by atoms with Crippen LogP contribution in [0.2, 0.25) is 0 Å². The van der Waals surface area contributed by atoms with Gasteiger partial charge in [0.2, 0.25) is 5.91 Å². The van der Waals surface area contributed by atoms with Gasteiger partial charge >= 0.3 is 0 Å². The van der Waals surface area contributed by atoms with E-state index in [-0.39, 0.29) is 5.91 Å². The number of benzene rings is 1. The maximum atomic E-state index is 11.9. The molecule has 0 saturated carbocycles. The van der Waals surface area contributed by atoms with Crippen LogP contribution in [0.4, 0.5) is 11.4 Å². The molecule has 0 unspecified atom stereocenters. The number of nitrogens with two attached hydrogens (primary N) is 1. The van der Waals surface area contributed by atoms with Crippen molar-refractivity contribution in [2.45, 2.75) is 39.0 Å². The van der Waals surface area contributed by atoms with Gasteiger partial charge in [-0.05, 0) is 63.5 Å². The highest BCUT2D eigenvalue weighted by Gasteiger charge is 2.11. The van der Waals surface area contributed by atoms with Gasteiger partial charge < -0.3 is 16.0 Å². The Morgan fingerprint density at radius 2 is 2.05 bits per heavy atom. The van der Waals surface area contributed by atoms with Gasteiger partial charge in [-0.3, -0.25) is 4.79 Å². The normalized spacial score (nSPS) is 16.1. The second-order valence-corrected chi connectivity index (χ2v) is 5.57. The van der Waals surface area contributed by atoms with Gasteiger partial charge in [-0.15, -0.1) is 0 Å². The highest BCUT2D eigenvalue weighted by atomic mass is 16.1. The Morgan fingerprint density at radius 1 is 1.30 bits per heavy atom. The molecule has 0 bridgehead atoms. The van der Waals surface area contributed by atoms with E-state index in [4.69, 9.17) is 5.73 Å². The molecule has 4 nitrogen and oxygen atoms in total. The van der Waals surface area contributed by atoms with Gasteiger partial charge in [0.25, 0.3) is 0 Å². The van der Waals surface area contributed by atoms with Crippen molar-refractivity contribution in [1.82, 2.24) is 4.90 Å². The van der Waals surface area contributed by atoms with Gasteiger partial charge in [0.05, 0.1) is 0 Å². The number of piperidine rings is 1. The van der Waals surface area contributed by atoms with E-state index in [2.05, 4.69) is 10.2 Å². The van der Waals surface area contributed by atoms with Crippen molar-refractivity contribution in [3.63, 3.8) is 0 Å². The predicted octanol–water partition coefficient (Wildman–Crippen LogP) is 2.78. The zero-order valence-electron chi connectivity index (χ0n) is 12.3. The molecule has 2 rings (SSSR count). The molecule has 0 aromatic heterocycles. The van der Waals surface area contributed by atoms with E-state index < -0.39 is 0 Å².